The van der Waals surface area contributed by atoms with Crippen molar-refractivity contribution in [2.45, 2.75) is 28.7 Å². The Balaban J connectivity index is 2.18. The maximum Gasteiger partial charge on any atom is 0.242 e. The monoisotopic (exact) mass is 489 g/mol. The molecule has 0 amide bonds. The van der Waals surface area contributed by atoms with Crippen LogP contribution in [0.2, 0.25) is 0 Å². The maximum absolute atomic E-state index is 13.0. The number of nitrogens with one attached hydrogen (secondary N) is 2. The maximum atomic E-state index is 13.0. The van der Waals surface area contributed by atoms with E-state index in [0.717, 1.165) is 0 Å². The van der Waals surface area contributed by atoms with Crippen LogP contribution < -0.4 is 26.2 Å². The SMILES string of the molecule is NC[C@H](N)CNS(=O)(=O)c1ccc(N2CCC(CO)CC2)c(-c2nn[nH]n2)c1S(N)(=O)=O. The van der Waals surface area contributed by atoms with Crippen LogP contribution >= 0.6 is 0 Å². The van der Waals surface area contributed by atoms with Crippen molar-refractivity contribution in [3.8, 4) is 11.4 Å². The van der Waals surface area contributed by atoms with E-state index in [1.807, 2.05) is 4.90 Å². The minimum atomic E-state index is -4.56. The molecule has 9 N–H and O–H groups in total. The number of piperidine rings is 1. The number of nitrogens with two attached hydrogens (primary N) is 3. The van der Waals surface area contributed by atoms with E-state index in [9.17, 15) is 21.9 Å². The van der Waals surface area contributed by atoms with Gasteiger partial charge in [0.1, 0.15) is 9.79 Å². The van der Waals surface area contributed by atoms with Crippen LogP contribution in [-0.4, -0.2) is 81.4 Å². The number of tetrazole rings is 1. The molecule has 0 unspecified atom stereocenters. The molecule has 1 aliphatic rings. The van der Waals surface area contributed by atoms with Crippen LogP contribution in [0.3, 0.4) is 0 Å². The van der Waals surface area contributed by atoms with Crippen LogP contribution in [0.1, 0.15) is 12.8 Å². The molecule has 2 heterocycles. The number of aromatic nitrogens is 4. The Kier molecular flexibility index (Phi) is 7.43. The van der Waals surface area contributed by atoms with Crippen molar-refractivity contribution in [2.75, 3.05) is 37.7 Å². The van der Waals surface area contributed by atoms with Crippen LogP contribution in [-0.2, 0) is 20.0 Å². The van der Waals surface area contributed by atoms with Gasteiger partial charge in [-0.3, -0.25) is 0 Å². The number of aromatic amines is 1. The van der Waals surface area contributed by atoms with E-state index in [1.165, 1.54) is 12.1 Å². The van der Waals surface area contributed by atoms with Crippen molar-refractivity contribution in [3.05, 3.63) is 12.1 Å². The quantitative estimate of drug-likeness (QED) is 0.212. The lowest BCUT2D eigenvalue weighted by atomic mass is 9.97. The summed E-state index contributed by atoms with van der Waals surface area (Å²) < 4.78 is 53.5. The summed E-state index contributed by atoms with van der Waals surface area (Å²) in [6.07, 6.45) is 1.34. The molecule has 0 saturated carbocycles. The lowest BCUT2D eigenvalue weighted by molar-refractivity contribution is 0.203. The van der Waals surface area contributed by atoms with Crippen LogP contribution in [0.15, 0.2) is 21.9 Å². The first-order valence-electron chi connectivity index (χ1n) is 9.83. The summed E-state index contributed by atoms with van der Waals surface area (Å²) in [7, 11) is -8.89. The number of benzene rings is 1. The smallest absolute Gasteiger partial charge is 0.242 e. The topological polar surface area (TPSA) is 236 Å². The second-order valence-corrected chi connectivity index (χ2v) is 10.8. The van der Waals surface area contributed by atoms with E-state index >= 15 is 0 Å². The molecule has 1 aliphatic heterocycles. The molecule has 0 aliphatic carbocycles. The summed E-state index contributed by atoms with van der Waals surface area (Å²) in [5.41, 5.74) is 11.4. The highest BCUT2D eigenvalue weighted by Crippen LogP contribution is 2.39. The van der Waals surface area contributed by atoms with Gasteiger partial charge in [0.25, 0.3) is 0 Å². The van der Waals surface area contributed by atoms with Gasteiger partial charge in [-0.15, -0.1) is 10.2 Å². The third-order valence-electron chi connectivity index (χ3n) is 5.29. The fraction of sp³-hybridized carbons (Fsp3) is 0.562. The molecule has 14 nitrogen and oxygen atoms in total. The molecule has 2 aromatic rings. The molecule has 1 saturated heterocycles. The molecular weight excluding hydrogens is 462 g/mol. The Labute approximate surface area is 185 Å². The Bertz CT molecular complexity index is 1130. The molecule has 178 valence electrons. The van der Waals surface area contributed by atoms with Crippen LogP contribution in [0.5, 0.6) is 0 Å². The predicted molar refractivity (Wildman–Crippen MR) is 115 cm³/mol. The Hall–Kier alpha value is -2.21. The fourth-order valence-corrected chi connectivity index (χ4v) is 6.22. The highest BCUT2D eigenvalue weighted by atomic mass is 32.2. The Morgan fingerprint density at radius 1 is 1.25 bits per heavy atom. The molecule has 1 aromatic carbocycles. The van der Waals surface area contributed by atoms with Gasteiger partial charge in [-0.05, 0) is 36.1 Å². The molecule has 1 atom stereocenters. The number of H-pyrrole nitrogens is 1. The average Bonchev–Trinajstić information content (AvgIpc) is 3.30. The van der Waals surface area contributed by atoms with Crippen molar-refractivity contribution >= 4 is 25.7 Å². The summed E-state index contributed by atoms with van der Waals surface area (Å²) >= 11 is 0. The number of aliphatic hydroxyl groups excluding tert-OH is 1. The normalized spacial score (nSPS) is 16.9. The molecule has 0 bridgehead atoms. The molecular formula is C16H27N9O5S2. The molecule has 32 heavy (non-hydrogen) atoms. The van der Waals surface area contributed by atoms with Gasteiger partial charge in [0.15, 0.2) is 0 Å². The minimum absolute atomic E-state index is 0.0292. The molecule has 0 radical (unpaired) electrons. The van der Waals surface area contributed by atoms with E-state index in [2.05, 4.69) is 25.3 Å². The summed E-state index contributed by atoms with van der Waals surface area (Å²) in [6, 6.07) is 2.00. The number of hydrogen-bond donors (Lipinski definition) is 6. The predicted octanol–water partition coefficient (Wildman–Crippen LogP) is -2.71. The molecule has 1 fully saturated rings. The van der Waals surface area contributed by atoms with Crippen molar-refractivity contribution in [1.29, 1.82) is 0 Å². The van der Waals surface area contributed by atoms with Gasteiger partial charge in [-0.1, -0.05) is 0 Å². The zero-order chi connectivity index (χ0) is 23.5. The number of aliphatic hydroxyl groups is 1. The number of anilines is 1. The average molecular weight is 490 g/mol. The third kappa shape index (κ3) is 5.22. The number of nitrogens with zero attached hydrogens (tertiary/aromatic N) is 4. The van der Waals surface area contributed by atoms with Crippen molar-refractivity contribution in [1.82, 2.24) is 25.3 Å². The summed E-state index contributed by atoms with van der Waals surface area (Å²) in [5.74, 6) is 0.0113. The molecule has 3 rings (SSSR count). The van der Waals surface area contributed by atoms with E-state index < -0.39 is 35.9 Å². The fourth-order valence-electron chi connectivity index (χ4n) is 3.53. The third-order valence-corrected chi connectivity index (χ3v) is 7.88. The highest BCUT2D eigenvalue weighted by Gasteiger charge is 2.34. The van der Waals surface area contributed by atoms with E-state index in [0.29, 0.717) is 31.6 Å². The summed E-state index contributed by atoms with van der Waals surface area (Å²) in [4.78, 5) is 0.674. The number of sulfonamides is 2. The van der Waals surface area contributed by atoms with Crippen LogP contribution in [0.4, 0.5) is 5.69 Å². The van der Waals surface area contributed by atoms with Crippen molar-refractivity contribution in [3.63, 3.8) is 0 Å². The lowest BCUT2D eigenvalue weighted by Gasteiger charge is -2.34. The standard InChI is InChI=1S/C16H27N9O5S2/c17-7-11(18)8-20-32(29,30)13-2-1-12(25-5-3-10(9-26)4-6-25)14(15(13)31(19,27)28)16-21-23-24-22-16/h1-2,10-11,20,26H,3-9,17-18H2,(H2,19,27,28)(H,21,22,23,24)/t11-/m0/s1. The van der Waals surface area contributed by atoms with Crippen LogP contribution in [0, 0.1) is 5.92 Å². The first-order valence-corrected chi connectivity index (χ1v) is 12.9. The summed E-state index contributed by atoms with van der Waals surface area (Å²) in [6.45, 7) is 0.908. The summed E-state index contributed by atoms with van der Waals surface area (Å²) in [5, 5.41) is 28.3. The second-order valence-electron chi connectivity index (χ2n) is 7.53. The van der Waals surface area contributed by atoms with Crippen molar-refractivity contribution in [2.24, 2.45) is 22.5 Å². The Morgan fingerprint density at radius 3 is 2.47 bits per heavy atom. The number of hydrogen-bond acceptors (Lipinski definition) is 11. The molecule has 16 heteroatoms. The number of primary sulfonamides is 1. The zero-order valence-electron chi connectivity index (χ0n) is 17.2. The van der Waals surface area contributed by atoms with Gasteiger partial charge in [0, 0.05) is 44.5 Å². The zero-order valence-corrected chi connectivity index (χ0v) is 18.8. The van der Waals surface area contributed by atoms with E-state index in [1.54, 1.807) is 0 Å². The van der Waals surface area contributed by atoms with Gasteiger partial charge < -0.3 is 21.5 Å². The first kappa shape index (κ1) is 24.4. The lowest BCUT2D eigenvalue weighted by Crippen LogP contribution is -2.42. The first-order chi connectivity index (χ1) is 15.1. The van der Waals surface area contributed by atoms with Crippen LogP contribution in [0.25, 0.3) is 11.4 Å². The number of rotatable bonds is 9. The molecule has 0 spiro atoms. The van der Waals surface area contributed by atoms with E-state index in [4.69, 9.17) is 16.6 Å². The van der Waals surface area contributed by atoms with Gasteiger partial charge in [-0.25, -0.2) is 26.7 Å². The highest BCUT2D eigenvalue weighted by molar-refractivity contribution is 7.92. The Morgan fingerprint density at radius 2 is 1.94 bits per heavy atom. The van der Waals surface area contributed by atoms with Gasteiger partial charge in [0.2, 0.25) is 25.9 Å². The van der Waals surface area contributed by atoms with Crippen molar-refractivity contribution < 1.29 is 21.9 Å². The molecule has 1 aromatic heterocycles. The van der Waals surface area contributed by atoms with Gasteiger partial charge >= 0.3 is 0 Å². The largest absolute Gasteiger partial charge is 0.396 e. The van der Waals surface area contributed by atoms with Gasteiger partial charge in [-0.2, -0.15) is 5.21 Å². The van der Waals surface area contributed by atoms with E-state index in [-0.39, 0.29) is 37.0 Å². The minimum Gasteiger partial charge on any atom is -0.396 e. The second kappa shape index (κ2) is 9.74. The van der Waals surface area contributed by atoms with Gasteiger partial charge in [0.05, 0.1) is 5.56 Å².